The van der Waals surface area contributed by atoms with Crippen LogP contribution >= 0.6 is 0 Å². The number of halogens is 1. The van der Waals surface area contributed by atoms with Crippen LogP contribution in [0.3, 0.4) is 0 Å². The van der Waals surface area contributed by atoms with Crippen molar-refractivity contribution in [3.63, 3.8) is 0 Å². The van der Waals surface area contributed by atoms with Crippen LogP contribution in [0.1, 0.15) is 55.6 Å². The molecule has 2 aliphatic rings. The van der Waals surface area contributed by atoms with Gasteiger partial charge in [0.25, 0.3) is 5.91 Å². The van der Waals surface area contributed by atoms with Crippen LogP contribution in [0.25, 0.3) is 10.9 Å². The molecule has 3 amide bonds. The molecule has 1 fully saturated rings. The fourth-order valence-corrected chi connectivity index (χ4v) is 5.39. The van der Waals surface area contributed by atoms with Crippen molar-refractivity contribution in [2.45, 2.75) is 64.2 Å². The first-order valence-electron chi connectivity index (χ1n) is 12.0. The summed E-state index contributed by atoms with van der Waals surface area (Å²) in [6.07, 6.45) is 3.94. The number of fused-ring (bicyclic) bond motifs is 3. The van der Waals surface area contributed by atoms with Crippen LogP contribution < -0.4 is 10.6 Å². The van der Waals surface area contributed by atoms with Gasteiger partial charge < -0.3 is 20.1 Å². The van der Waals surface area contributed by atoms with Crippen molar-refractivity contribution in [2.24, 2.45) is 0 Å². The Hall–Kier alpha value is -3.68. The zero-order chi connectivity index (χ0) is 24.7. The van der Waals surface area contributed by atoms with E-state index in [1.165, 1.54) is 17.9 Å². The Morgan fingerprint density at radius 1 is 1.09 bits per heavy atom. The number of carbonyl (C=O) groups is 3. The van der Waals surface area contributed by atoms with Crippen molar-refractivity contribution >= 4 is 34.3 Å². The molecule has 1 saturated carbocycles. The third-order valence-corrected chi connectivity index (χ3v) is 7.25. The van der Waals surface area contributed by atoms with Gasteiger partial charge >= 0.3 is 0 Å². The molecule has 8 heteroatoms. The van der Waals surface area contributed by atoms with Crippen molar-refractivity contribution in [3.8, 4) is 0 Å². The van der Waals surface area contributed by atoms with Crippen LogP contribution in [0.4, 0.5) is 10.1 Å². The number of nitrogens with one attached hydrogen (secondary N) is 2. The van der Waals surface area contributed by atoms with E-state index >= 15 is 0 Å². The third kappa shape index (κ3) is 3.96. The number of carbonyl (C=O) groups excluding carboxylic acids is 3. The summed E-state index contributed by atoms with van der Waals surface area (Å²) in [5.41, 5.74) is 0.528. The minimum absolute atomic E-state index is 0.0683. The molecule has 2 aromatic carbocycles. The maximum Gasteiger partial charge on any atom is 0.273 e. The lowest BCUT2D eigenvalue weighted by Gasteiger charge is -2.44. The maximum absolute atomic E-state index is 14.7. The molecule has 1 atom stereocenters. The Balaban J connectivity index is 1.65. The minimum atomic E-state index is -1.26. The second-order valence-corrected chi connectivity index (χ2v) is 9.72. The van der Waals surface area contributed by atoms with Gasteiger partial charge in [0.1, 0.15) is 17.1 Å². The van der Waals surface area contributed by atoms with Gasteiger partial charge in [0.2, 0.25) is 11.8 Å². The van der Waals surface area contributed by atoms with Crippen LogP contribution in [0, 0.1) is 5.82 Å². The normalized spacial score (nSPS) is 20.2. The van der Waals surface area contributed by atoms with Crippen molar-refractivity contribution in [2.75, 3.05) is 5.32 Å². The highest BCUT2D eigenvalue weighted by atomic mass is 19.1. The van der Waals surface area contributed by atoms with Crippen LogP contribution in [0.15, 0.2) is 48.5 Å². The van der Waals surface area contributed by atoms with Gasteiger partial charge in [-0.2, -0.15) is 0 Å². The molecule has 1 aliphatic heterocycles. The molecule has 7 nitrogen and oxygen atoms in total. The average Bonchev–Trinajstić information content (AvgIpc) is 3.44. The molecule has 0 radical (unpaired) electrons. The highest BCUT2D eigenvalue weighted by Crippen LogP contribution is 2.39. The average molecular weight is 477 g/mol. The third-order valence-electron chi connectivity index (χ3n) is 7.25. The predicted octanol–water partition coefficient (Wildman–Crippen LogP) is 4.21. The highest BCUT2D eigenvalue weighted by Gasteiger charge is 2.49. The highest BCUT2D eigenvalue weighted by molar-refractivity contribution is 6.14. The Morgan fingerprint density at radius 2 is 1.77 bits per heavy atom. The number of hydrogen-bond donors (Lipinski definition) is 2. The second-order valence-electron chi connectivity index (χ2n) is 9.72. The van der Waals surface area contributed by atoms with Gasteiger partial charge in [0, 0.05) is 23.9 Å². The zero-order valence-electron chi connectivity index (χ0n) is 19.9. The Kier molecular flexibility index (Phi) is 5.83. The van der Waals surface area contributed by atoms with Crippen molar-refractivity contribution in [1.82, 2.24) is 14.8 Å². The van der Waals surface area contributed by atoms with E-state index in [9.17, 15) is 18.8 Å². The van der Waals surface area contributed by atoms with E-state index in [1.54, 1.807) is 25.1 Å². The molecular weight excluding hydrogens is 447 g/mol. The van der Waals surface area contributed by atoms with E-state index in [1.807, 2.05) is 28.8 Å². The summed E-state index contributed by atoms with van der Waals surface area (Å²) in [5, 5.41) is 6.68. The van der Waals surface area contributed by atoms with E-state index in [0.717, 1.165) is 36.6 Å². The fraction of sp³-hybridized carbons (Fsp3) is 0.370. The van der Waals surface area contributed by atoms with Gasteiger partial charge in [-0.25, -0.2) is 4.39 Å². The molecule has 1 aromatic heterocycles. The summed E-state index contributed by atoms with van der Waals surface area (Å²) in [6.45, 7) is 3.25. The van der Waals surface area contributed by atoms with Crippen LogP contribution in [-0.2, 0) is 22.7 Å². The van der Waals surface area contributed by atoms with Crippen molar-refractivity contribution in [3.05, 3.63) is 65.6 Å². The van der Waals surface area contributed by atoms with Gasteiger partial charge in [0.05, 0.1) is 24.3 Å². The molecule has 0 saturated heterocycles. The summed E-state index contributed by atoms with van der Waals surface area (Å²) in [6, 6.07) is 13.8. The number of aromatic nitrogens is 1. The Morgan fingerprint density at radius 3 is 2.49 bits per heavy atom. The van der Waals surface area contributed by atoms with Gasteiger partial charge in [-0.1, -0.05) is 49.2 Å². The first-order chi connectivity index (χ1) is 16.8. The smallest absolute Gasteiger partial charge is 0.273 e. The van der Waals surface area contributed by atoms with Crippen LogP contribution in [-0.4, -0.2) is 38.8 Å². The number of para-hydroxylation sites is 1. The SMILES string of the molecule is CC(=O)Nc1c2n(c3ccccc13)C[C@](C)(C(=O)NC1CCCC1)N(Cc1ccccc1F)C2=O. The second kappa shape index (κ2) is 8.83. The Labute approximate surface area is 203 Å². The minimum Gasteiger partial charge on any atom is -0.351 e. The molecule has 0 bridgehead atoms. The summed E-state index contributed by atoms with van der Waals surface area (Å²) in [4.78, 5) is 41.4. The molecule has 182 valence electrons. The molecule has 35 heavy (non-hydrogen) atoms. The lowest BCUT2D eigenvalue weighted by Crippen LogP contribution is -2.64. The van der Waals surface area contributed by atoms with E-state index < -0.39 is 17.3 Å². The number of nitrogens with zero attached hydrogens (tertiary/aromatic N) is 2. The standard InChI is InChI=1S/C27H29FN4O3/c1-17(33)29-23-20-12-6-8-14-22(20)31-16-27(2,26(35)30-19-10-4-5-11-19)32(25(34)24(23)31)15-18-9-3-7-13-21(18)28/h3,6-9,12-14,19H,4-5,10-11,15-16H2,1-2H3,(H,29,33)(H,30,35)/t27-/m1/s1. The molecule has 2 N–H and O–H groups in total. The van der Waals surface area contributed by atoms with E-state index in [2.05, 4.69) is 10.6 Å². The Bertz CT molecular complexity index is 1330. The van der Waals surface area contributed by atoms with E-state index in [-0.39, 0.29) is 30.9 Å². The van der Waals surface area contributed by atoms with Crippen molar-refractivity contribution in [1.29, 1.82) is 0 Å². The van der Waals surface area contributed by atoms with Gasteiger partial charge in [-0.05, 0) is 31.9 Å². The zero-order valence-corrected chi connectivity index (χ0v) is 19.9. The topological polar surface area (TPSA) is 83.4 Å². The van der Waals surface area contributed by atoms with E-state index in [4.69, 9.17) is 0 Å². The molecule has 0 spiro atoms. The van der Waals surface area contributed by atoms with Gasteiger partial charge in [0.15, 0.2) is 0 Å². The van der Waals surface area contributed by atoms with E-state index in [0.29, 0.717) is 16.9 Å². The van der Waals surface area contributed by atoms with Crippen LogP contribution in [0.5, 0.6) is 0 Å². The first kappa shape index (κ1) is 23.1. The molecule has 2 heterocycles. The predicted molar refractivity (Wildman–Crippen MR) is 131 cm³/mol. The largest absolute Gasteiger partial charge is 0.351 e. The van der Waals surface area contributed by atoms with Gasteiger partial charge in [-0.3, -0.25) is 14.4 Å². The number of rotatable bonds is 5. The molecular formula is C27H29FN4O3. The summed E-state index contributed by atoms with van der Waals surface area (Å²) >= 11 is 0. The maximum atomic E-state index is 14.7. The molecule has 3 aromatic rings. The van der Waals surface area contributed by atoms with Crippen molar-refractivity contribution < 1.29 is 18.8 Å². The summed E-state index contributed by atoms with van der Waals surface area (Å²) in [5.74, 6) is -1.42. The number of amides is 3. The summed E-state index contributed by atoms with van der Waals surface area (Å²) in [7, 11) is 0. The lowest BCUT2D eigenvalue weighted by atomic mass is 9.93. The van der Waals surface area contributed by atoms with Gasteiger partial charge in [-0.15, -0.1) is 0 Å². The number of benzene rings is 2. The first-order valence-corrected chi connectivity index (χ1v) is 12.0. The molecule has 1 aliphatic carbocycles. The monoisotopic (exact) mass is 476 g/mol. The lowest BCUT2D eigenvalue weighted by molar-refractivity contribution is -0.133. The number of hydrogen-bond acceptors (Lipinski definition) is 3. The quantitative estimate of drug-likeness (QED) is 0.579. The number of anilines is 1. The molecule has 0 unspecified atom stereocenters. The van der Waals surface area contributed by atoms with Crippen LogP contribution in [0.2, 0.25) is 0 Å². The fourth-order valence-electron chi connectivity index (χ4n) is 5.39. The molecule has 5 rings (SSSR count). The summed E-state index contributed by atoms with van der Waals surface area (Å²) < 4.78 is 16.5.